The summed E-state index contributed by atoms with van der Waals surface area (Å²) < 4.78 is 11.8. The number of hydrogen-bond acceptors (Lipinski definition) is 8. The second-order valence-corrected chi connectivity index (χ2v) is 11.0. The van der Waals surface area contributed by atoms with Crippen molar-refractivity contribution in [2.45, 2.75) is 39.3 Å². The number of hydrogen-bond donors (Lipinski definition) is 0. The van der Waals surface area contributed by atoms with Gasteiger partial charge >= 0.3 is 5.97 Å². The van der Waals surface area contributed by atoms with Crippen LogP contribution in [0.5, 0.6) is 11.5 Å². The summed E-state index contributed by atoms with van der Waals surface area (Å²) in [7, 11) is 2.07. The average molecular weight is 547 g/mol. The van der Waals surface area contributed by atoms with Gasteiger partial charge in [0.15, 0.2) is 5.17 Å². The van der Waals surface area contributed by atoms with E-state index in [0.29, 0.717) is 30.1 Å². The molecule has 1 atom stereocenters. The second-order valence-electron chi connectivity index (χ2n) is 10.2. The van der Waals surface area contributed by atoms with Crippen LogP contribution in [0.1, 0.15) is 38.8 Å². The first-order valence-corrected chi connectivity index (χ1v) is 14.1. The number of amidine groups is 1. The molecule has 0 N–H and O–H groups in total. The number of nitrogens with zero attached hydrogens (tertiary/aromatic N) is 4. The molecule has 9 heteroatoms. The Morgan fingerprint density at radius 3 is 2.46 bits per heavy atom. The summed E-state index contributed by atoms with van der Waals surface area (Å²) in [6, 6.07) is 16.8. The molecule has 8 nitrogen and oxygen atoms in total. The molecule has 5 rings (SSSR count). The summed E-state index contributed by atoms with van der Waals surface area (Å²) >= 11 is 1.48. The number of benzene rings is 2. The van der Waals surface area contributed by atoms with Gasteiger partial charge in [-0.15, -0.1) is 0 Å². The molecule has 1 fully saturated rings. The van der Waals surface area contributed by atoms with Crippen molar-refractivity contribution < 1.29 is 19.1 Å². The Balaban J connectivity index is 1.49. The maximum atomic E-state index is 13.5. The lowest BCUT2D eigenvalue weighted by molar-refractivity contribution is -0.143. The van der Waals surface area contributed by atoms with Crippen molar-refractivity contribution in [3.05, 3.63) is 82.5 Å². The van der Waals surface area contributed by atoms with E-state index in [1.807, 2.05) is 90.6 Å². The number of esters is 1. The van der Waals surface area contributed by atoms with Gasteiger partial charge in [0.25, 0.3) is 0 Å². The normalized spacial score (nSPS) is 19.6. The molecule has 1 unspecified atom stereocenters. The smallest absolute Gasteiger partial charge is 0.338 e. The first kappa shape index (κ1) is 27.0. The number of fused-ring (bicyclic) bond motifs is 1. The number of aliphatic imine (C=N–C) groups is 1. The summed E-state index contributed by atoms with van der Waals surface area (Å²) in [4.78, 5) is 37.7. The summed E-state index contributed by atoms with van der Waals surface area (Å²) in [5, 5.41) is 2.72. The van der Waals surface area contributed by atoms with E-state index in [4.69, 9.17) is 14.5 Å². The molecule has 0 aliphatic carbocycles. The monoisotopic (exact) mass is 546 g/mol. The highest BCUT2D eigenvalue weighted by atomic mass is 32.2. The molecule has 0 saturated carbocycles. The third-order valence-corrected chi connectivity index (χ3v) is 7.79. The molecule has 1 saturated heterocycles. The minimum Gasteiger partial charge on any atom is -0.459 e. The van der Waals surface area contributed by atoms with Gasteiger partial charge in [0.1, 0.15) is 11.5 Å². The fraction of sp³-hybridized carbons (Fsp3) is 0.367. The zero-order valence-corrected chi connectivity index (χ0v) is 23.6. The fourth-order valence-electron chi connectivity index (χ4n) is 4.92. The zero-order valence-electron chi connectivity index (χ0n) is 22.8. The van der Waals surface area contributed by atoms with Crippen LogP contribution < -0.4 is 4.74 Å². The lowest BCUT2D eigenvalue weighted by atomic mass is 9.93. The minimum atomic E-state index is -0.510. The summed E-state index contributed by atoms with van der Waals surface area (Å²) in [6.45, 7) is 8.65. The Morgan fingerprint density at radius 2 is 1.74 bits per heavy atom. The third kappa shape index (κ3) is 6.04. The van der Waals surface area contributed by atoms with Crippen LogP contribution in [0.4, 0.5) is 0 Å². The highest BCUT2D eigenvalue weighted by molar-refractivity contribution is 8.16. The molecule has 204 valence electrons. The van der Waals surface area contributed by atoms with Gasteiger partial charge in [0.05, 0.1) is 29.8 Å². The Labute approximate surface area is 234 Å². The molecular formula is C30H34N4O4S. The lowest BCUT2D eigenvalue weighted by Gasteiger charge is -2.37. The zero-order chi connectivity index (χ0) is 27.5. The first-order valence-electron chi connectivity index (χ1n) is 13.2. The van der Waals surface area contributed by atoms with E-state index in [9.17, 15) is 9.59 Å². The lowest BCUT2D eigenvalue weighted by Crippen LogP contribution is -2.47. The van der Waals surface area contributed by atoms with Crippen molar-refractivity contribution in [1.82, 2.24) is 14.7 Å². The Kier molecular flexibility index (Phi) is 8.09. The second kappa shape index (κ2) is 11.7. The van der Waals surface area contributed by atoms with Gasteiger partial charge in [-0.2, -0.15) is 0 Å². The number of piperazine rings is 1. The molecule has 3 aliphatic rings. The number of rotatable bonds is 7. The Bertz CT molecular complexity index is 1330. The van der Waals surface area contributed by atoms with Crippen LogP contribution >= 0.6 is 11.8 Å². The van der Waals surface area contributed by atoms with Crippen LogP contribution in [-0.4, -0.2) is 71.1 Å². The largest absolute Gasteiger partial charge is 0.459 e. The van der Waals surface area contributed by atoms with Gasteiger partial charge in [-0.25, -0.2) is 9.79 Å². The fourth-order valence-corrected chi connectivity index (χ4v) is 5.88. The van der Waals surface area contributed by atoms with Gasteiger partial charge in [-0.1, -0.05) is 42.1 Å². The van der Waals surface area contributed by atoms with E-state index >= 15 is 0 Å². The van der Waals surface area contributed by atoms with Crippen LogP contribution in [0, 0.1) is 0 Å². The molecular weight excluding hydrogens is 512 g/mol. The molecule has 0 aromatic heterocycles. The van der Waals surface area contributed by atoms with Crippen molar-refractivity contribution in [2.24, 2.45) is 4.99 Å². The quantitative estimate of drug-likeness (QED) is 0.444. The van der Waals surface area contributed by atoms with Gasteiger partial charge in [-0.05, 0) is 63.1 Å². The van der Waals surface area contributed by atoms with Crippen LogP contribution in [-0.2, 0) is 14.3 Å². The molecule has 0 radical (unpaired) electrons. The molecule has 39 heavy (non-hydrogen) atoms. The van der Waals surface area contributed by atoms with E-state index in [1.54, 1.807) is 0 Å². The van der Waals surface area contributed by atoms with Crippen molar-refractivity contribution in [1.29, 1.82) is 0 Å². The molecule has 0 spiro atoms. The summed E-state index contributed by atoms with van der Waals surface area (Å²) in [6.07, 6.45) is -0.0452. The maximum absolute atomic E-state index is 13.5. The number of para-hydroxylation sites is 1. The van der Waals surface area contributed by atoms with Crippen LogP contribution in [0.3, 0.4) is 0 Å². The van der Waals surface area contributed by atoms with Crippen molar-refractivity contribution in [2.75, 3.05) is 33.2 Å². The molecule has 3 heterocycles. The maximum Gasteiger partial charge on any atom is 0.338 e. The number of carbonyl (C=O) groups excluding carboxylic acids is 2. The number of likely N-dealkylation sites (N-methyl/N-ethyl adjacent to an activating group) is 1. The van der Waals surface area contributed by atoms with Crippen molar-refractivity contribution in [3.8, 4) is 11.5 Å². The predicted octanol–water partition coefficient (Wildman–Crippen LogP) is 5.17. The predicted molar refractivity (Wildman–Crippen MR) is 153 cm³/mol. The number of allylic oxidation sites excluding steroid dienone is 1. The Hall–Kier alpha value is -3.56. The first-order chi connectivity index (χ1) is 18.8. The molecule has 0 bridgehead atoms. The van der Waals surface area contributed by atoms with E-state index in [0.717, 1.165) is 35.3 Å². The van der Waals surface area contributed by atoms with Crippen LogP contribution in [0.15, 0.2) is 82.0 Å². The summed E-state index contributed by atoms with van der Waals surface area (Å²) in [5.74, 6) is 1.05. The topological polar surface area (TPSA) is 74.7 Å². The average Bonchev–Trinajstić information content (AvgIpc) is 3.30. The van der Waals surface area contributed by atoms with E-state index < -0.39 is 12.0 Å². The van der Waals surface area contributed by atoms with Gasteiger partial charge in [0, 0.05) is 31.9 Å². The van der Waals surface area contributed by atoms with Crippen molar-refractivity contribution in [3.63, 3.8) is 0 Å². The Morgan fingerprint density at radius 1 is 1.03 bits per heavy atom. The van der Waals surface area contributed by atoms with Crippen LogP contribution in [0.2, 0.25) is 0 Å². The third-order valence-electron chi connectivity index (χ3n) is 6.90. The van der Waals surface area contributed by atoms with E-state index in [2.05, 4.69) is 11.9 Å². The number of thioether (sulfide) groups is 1. The summed E-state index contributed by atoms with van der Waals surface area (Å²) in [5.41, 5.74) is 2.75. The minimum absolute atomic E-state index is 0.0775. The molecule has 2 aromatic rings. The number of ether oxygens (including phenoxy) is 2. The van der Waals surface area contributed by atoms with Gasteiger partial charge in [0.2, 0.25) is 5.91 Å². The molecule has 3 aliphatic heterocycles. The SMILES string of the molecule is CC1=C(C(=O)OC(C)C)C(c2cccc(Oc3ccccc3)c2)N2C(CC(=O)N3CCN(C)CC3)=CSC2=N1. The molecule has 1 amide bonds. The standard InChI is InChI=1S/C30H34N4O4S/c1-20(2)37-29(36)27-21(3)31-30-34(23(19-39-30)18-26(35)33-15-13-32(4)14-16-33)28(27)22-9-8-12-25(17-22)38-24-10-6-5-7-11-24/h5-12,17,19-20,28H,13-16,18H2,1-4H3. The highest BCUT2D eigenvalue weighted by Crippen LogP contribution is 2.45. The van der Waals surface area contributed by atoms with E-state index in [1.165, 1.54) is 11.8 Å². The van der Waals surface area contributed by atoms with Crippen LogP contribution in [0.25, 0.3) is 0 Å². The van der Waals surface area contributed by atoms with E-state index in [-0.39, 0.29) is 18.4 Å². The van der Waals surface area contributed by atoms with Gasteiger partial charge in [-0.3, -0.25) is 4.79 Å². The molecule has 2 aromatic carbocycles. The van der Waals surface area contributed by atoms with Crippen molar-refractivity contribution >= 4 is 28.8 Å². The highest BCUT2D eigenvalue weighted by Gasteiger charge is 2.41. The number of carbonyl (C=O) groups is 2. The van der Waals surface area contributed by atoms with Gasteiger partial charge < -0.3 is 24.2 Å². The number of amides is 1.